The Hall–Kier alpha value is -3.26. The Labute approximate surface area is 179 Å². The number of rotatable bonds is 3. The van der Waals surface area contributed by atoms with Crippen LogP contribution in [0.3, 0.4) is 0 Å². The number of halogens is 2. The highest BCUT2D eigenvalue weighted by Crippen LogP contribution is 2.45. The summed E-state index contributed by atoms with van der Waals surface area (Å²) in [5, 5.41) is 9.61. The van der Waals surface area contributed by atoms with E-state index in [2.05, 4.69) is 5.32 Å². The molecule has 160 valence electrons. The maximum atomic E-state index is 14.8. The molecule has 0 unspecified atom stereocenters. The molecule has 4 rings (SSSR count). The van der Waals surface area contributed by atoms with Crippen LogP contribution in [0.2, 0.25) is 0 Å². The third kappa shape index (κ3) is 3.46. The molecule has 0 bridgehead atoms. The summed E-state index contributed by atoms with van der Waals surface area (Å²) in [6, 6.07) is 19.4. The van der Waals surface area contributed by atoms with Crippen LogP contribution in [0, 0.1) is 17.0 Å². The summed E-state index contributed by atoms with van der Waals surface area (Å²) in [6.45, 7) is 1.47. The molecule has 1 heterocycles. The monoisotopic (exact) mass is 441 g/mol. The van der Waals surface area contributed by atoms with Gasteiger partial charge in [-0.05, 0) is 41.8 Å². The number of guanidine groups is 1. The number of nitrogens with one attached hydrogen (secondary N) is 2. The predicted molar refractivity (Wildman–Crippen MR) is 116 cm³/mol. The van der Waals surface area contributed by atoms with Crippen LogP contribution in [0.25, 0.3) is 11.1 Å². The highest BCUT2D eigenvalue weighted by Gasteiger charge is 2.53. The highest BCUT2D eigenvalue weighted by molar-refractivity contribution is 7.90. The maximum absolute atomic E-state index is 14.8. The molecular formula is C23H21F2N3O2S. The van der Waals surface area contributed by atoms with Crippen LogP contribution in [-0.4, -0.2) is 25.7 Å². The van der Waals surface area contributed by atoms with Gasteiger partial charge in [0.05, 0.1) is 5.54 Å². The van der Waals surface area contributed by atoms with Gasteiger partial charge in [0.1, 0.15) is 16.9 Å². The number of hydrogen-bond acceptors (Lipinski definition) is 3. The molecule has 1 fully saturated rings. The molecule has 0 aromatic heterocycles. The molecule has 0 spiro atoms. The van der Waals surface area contributed by atoms with E-state index in [9.17, 15) is 17.2 Å². The highest BCUT2D eigenvalue weighted by atomic mass is 32.2. The summed E-state index contributed by atoms with van der Waals surface area (Å²) in [5.41, 5.74) is 0.494. The largest absolute Gasteiger partial charge is 0.345 e. The average Bonchev–Trinajstić information content (AvgIpc) is 2.75. The Morgan fingerprint density at radius 1 is 0.968 bits per heavy atom. The molecule has 31 heavy (non-hydrogen) atoms. The van der Waals surface area contributed by atoms with Crippen molar-refractivity contribution in [3.8, 4) is 11.1 Å². The van der Waals surface area contributed by atoms with E-state index in [1.54, 1.807) is 24.3 Å². The normalized spacial score (nSPS) is 22.8. The molecule has 3 aromatic carbocycles. The summed E-state index contributed by atoms with van der Waals surface area (Å²) in [5.74, 6) is -1.86. The van der Waals surface area contributed by atoms with E-state index in [4.69, 9.17) is 5.41 Å². The van der Waals surface area contributed by atoms with Crippen LogP contribution in [0.1, 0.15) is 23.3 Å². The first-order chi connectivity index (χ1) is 14.6. The molecule has 2 N–H and O–H groups in total. The van der Waals surface area contributed by atoms with E-state index in [1.807, 2.05) is 30.3 Å². The molecule has 8 heteroatoms. The van der Waals surface area contributed by atoms with Crippen molar-refractivity contribution in [1.82, 2.24) is 9.62 Å². The zero-order chi connectivity index (χ0) is 22.4. The van der Waals surface area contributed by atoms with Crippen molar-refractivity contribution in [2.75, 3.05) is 7.05 Å². The Kier molecular flexibility index (Phi) is 5.05. The first kappa shape index (κ1) is 21.0. The molecule has 0 saturated carbocycles. The van der Waals surface area contributed by atoms with Crippen LogP contribution in [0.15, 0.2) is 72.8 Å². The van der Waals surface area contributed by atoms with Crippen LogP contribution in [0.4, 0.5) is 8.78 Å². The van der Waals surface area contributed by atoms with Gasteiger partial charge in [-0.25, -0.2) is 21.5 Å². The first-order valence-electron chi connectivity index (χ1n) is 9.60. The van der Waals surface area contributed by atoms with E-state index in [0.29, 0.717) is 5.56 Å². The molecule has 0 aliphatic carbocycles. The summed E-state index contributed by atoms with van der Waals surface area (Å²) >= 11 is 0. The van der Waals surface area contributed by atoms with Gasteiger partial charge in [-0.15, -0.1) is 0 Å². The first-order valence-corrected chi connectivity index (χ1v) is 11.1. The van der Waals surface area contributed by atoms with Crippen molar-refractivity contribution in [3.05, 3.63) is 95.6 Å². The Morgan fingerprint density at radius 2 is 1.58 bits per heavy atom. The van der Waals surface area contributed by atoms with E-state index < -0.39 is 38.4 Å². The number of nitrogens with zero attached hydrogens (tertiary/aromatic N) is 1. The fourth-order valence-corrected chi connectivity index (χ4v) is 5.96. The van der Waals surface area contributed by atoms with Crippen LogP contribution >= 0.6 is 0 Å². The fraction of sp³-hybridized carbons (Fsp3) is 0.174. The average molecular weight is 442 g/mol. The lowest BCUT2D eigenvalue weighted by Gasteiger charge is -2.46. The molecule has 1 aliphatic rings. The van der Waals surface area contributed by atoms with Crippen LogP contribution in [-0.2, 0) is 15.6 Å². The van der Waals surface area contributed by atoms with Gasteiger partial charge in [0, 0.05) is 12.6 Å². The number of benzene rings is 3. The molecule has 0 radical (unpaired) electrons. The van der Waals surface area contributed by atoms with Crippen molar-refractivity contribution in [2.45, 2.75) is 17.7 Å². The third-order valence-corrected chi connectivity index (χ3v) is 7.99. The van der Waals surface area contributed by atoms with Crippen molar-refractivity contribution < 1.29 is 17.2 Å². The lowest BCUT2D eigenvalue weighted by Crippen LogP contribution is -2.62. The van der Waals surface area contributed by atoms with E-state index in [-0.39, 0.29) is 5.56 Å². The minimum absolute atomic E-state index is 0.161. The lowest BCUT2D eigenvalue weighted by atomic mass is 9.84. The third-order valence-electron chi connectivity index (χ3n) is 5.71. The zero-order valence-electron chi connectivity index (χ0n) is 16.9. The van der Waals surface area contributed by atoms with E-state index >= 15 is 0 Å². The van der Waals surface area contributed by atoms with Gasteiger partial charge >= 0.3 is 0 Å². The number of sulfonamides is 1. The molecule has 5 nitrogen and oxygen atoms in total. The Balaban J connectivity index is 1.89. The topological polar surface area (TPSA) is 73.3 Å². The quantitative estimate of drug-likeness (QED) is 0.633. The SMILES string of the molecule is CN1C(=N)N[C@](C)(c2cc(F)ccc2F)[C@@H](c2ccc(-c3ccccc3)cc2)S1(=O)=O. The van der Waals surface area contributed by atoms with E-state index in [0.717, 1.165) is 33.6 Å². The molecule has 3 aromatic rings. The second kappa shape index (κ2) is 7.46. The van der Waals surface area contributed by atoms with Gasteiger partial charge in [-0.2, -0.15) is 0 Å². The van der Waals surface area contributed by atoms with Crippen LogP contribution in [0.5, 0.6) is 0 Å². The summed E-state index contributed by atoms with van der Waals surface area (Å²) in [7, 11) is -2.85. The van der Waals surface area contributed by atoms with E-state index in [1.165, 1.54) is 14.0 Å². The lowest BCUT2D eigenvalue weighted by molar-refractivity contribution is 0.343. The second-order valence-corrected chi connectivity index (χ2v) is 9.73. The van der Waals surface area contributed by atoms with Crippen molar-refractivity contribution in [2.24, 2.45) is 0 Å². The van der Waals surface area contributed by atoms with Crippen LogP contribution < -0.4 is 5.32 Å². The van der Waals surface area contributed by atoms with Gasteiger partial charge in [0.2, 0.25) is 16.0 Å². The summed E-state index contributed by atoms with van der Waals surface area (Å²) in [6.07, 6.45) is 0. The van der Waals surface area contributed by atoms with Gasteiger partial charge < -0.3 is 5.32 Å². The Morgan fingerprint density at radius 3 is 2.23 bits per heavy atom. The zero-order valence-corrected chi connectivity index (χ0v) is 17.7. The molecule has 0 amide bonds. The van der Waals surface area contributed by atoms with Gasteiger partial charge in [0.15, 0.2) is 0 Å². The fourth-order valence-electron chi connectivity index (χ4n) is 4.06. The smallest absolute Gasteiger partial charge is 0.246 e. The Bertz CT molecular complexity index is 1250. The van der Waals surface area contributed by atoms with Gasteiger partial charge in [-0.3, -0.25) is 5.41 Å². The van der Waals surface area contributed by atoms with Crippen molar-refractivity contribution in [3.63, 3.8) is 0 Å². The second-order valence-electron chi connectivity index (χ2n) is 7.68. The number of hydrogen-bond donors (Lipinski definition) is 2. The predicted octanol–water partition coefficient (Wildman–Crippen LogP) is 4.39. The standard InChI is InChI=1S/C23H21F2N3O2S/c1-23(19-14-18(24)12-13-20(19)25)21(31(29,30)28(2)22(26)27-23)17-10-8-16(9-11-17)15-6-4-3-5-7-15/h3-14,21H,1-2H3,(H2,26,27)/t21-,23-/m1/s1. The van der Waals surface area contributed by atoms with Gasteiger partial charge in [0.25, 0.3) is 0 Å². The molecule has 1 saturated heterocycles. The maximum Gasteiger partial charge on any atom is 0.246 e. The molecule has 2 atom stereocenters. The van der Waals surface area contributed by atoms with Crippen molar-refractivity contribution in [1.29, 1.82) is 5.41 Å². The minimum atomic E-state index is -4.11. The molecular weight excluding hydrogens is 420 g/mol. The minimum Gasteiger partial charge on any atom is -0.345 e. The van der Waals surface area contributed by atoms with Gasteiger partial charge in [-0.1, -0.05) is 54.6 Å². The summed E-state index contributed by atoms with van der Waals surface area (Å²) < 4.78 is 56.4. The van der Waals surface area contributed by atoms with Crippen molar-refractivity contribution >= 4 is 16.0 Å². The molecule has 1 aliphatic heterocycles. The summed E-state index contributed by atoms with van der Waals surface area (Å²) in [4.78, 5) is 0.